The molecule has 5 nitrogen and oxygen atoms in total. The van der Waals surface area contributed by atoms with E-state index in [-0.39, 0.29) is 5.91 Å². The van der Waals surface area contributed by atoms with Crippen molar-refractivity contribution < 1.29 is 9.53 Å². The van der Waals surface area contributed by atoms with Gasteiger partial charge in [0.25, 0.3) is 0 Å². The summed E-state index contributed by atoms with van der Waals surface area (Å²) in [6.07, 6.45) is 3.49. The van der Waals surface area contributed by atoms with Crippen LogP contribution in [0.3, 0.4) is 0 Å². The molecule has 5 heteroatoms. The van der Waals surface area contributed by atoms with Gasteiger partial charge in [-0.3, -0.25) is 4.79 Å². The third kappa shape index (κ3) is 4.01. The predicted octanol–water partition coefficient (Wildman–Crippen LogP) is 3.29. The lowest BCUT2D eigenvalue weighted by atomic mass is 10.1. The summed E-state index contributed by atoms with van der Waals surface area (Å²) in [5, 5.41) is 2.80. The first-order chi connectivity index (χ1) is 11.7. The highest BCUT2D eigenvalue weighted by Gasteiger charge is 2.07. The Labute approximate surface area is 140 Å². The van der Waals surface area contributed by atoms with Gasteiger partial charge in [0.2, 0.25) is 5.91 Å². The summed E-state index contributed by atoms with van der Waals surface area (Å²) in [7, 11) is 0. The first-order valence-electron chi connectivity index (χ1n) is 7.75. The molecule has 1 amide bonds. The van der Waals surface area contributed by atoms with Crippen LogP contribution in [0, 0.1) is 0 Å². The standard InChI is InChI=1S/C19H19N3O2/c1-14(23)21-10-15-5-4-6-16(9-15)12-24-19-8-3-2-7-17(19)18-11-20-13-22-18/h2-9,11,13H,10,12H2,1H3,(H,20,22)(H,21,23). The van der Waals surface area contributed by atoms with E-state index in [1.807, 2.05) is 54.7 Å². The second-order valence-corrected chi connectivity index (χ2v) is 5.47. The molecule has 0 saturated carbocycles. The van der Waals surface area contributed by atoms with Gasteiger partial charge in [-0.05, 0) is 23.3 Å². The highest BCUT2D eigenvalue weighted by atomic mass is 16.5. The number of benzene rings is 2. The highest BCUT2D eigenvalue weighted by Crippen LogP contribution is 2.28. The number of aromatic nitrogens is 2. The Kier molecular flexibility index (Phi) is 4.91. The van der Waals surface area contributed by atoms with E-state index in [2.05, 4.69) is 15.3 Å². The topological polar surface area (TPSA) is 67.0 Å². The molecule has 0 unspecified atom stereocenters. The first-order valence-corrected chi connectivity index (χ1v) is 7.75. The molecule has 0 bridgehead atoms. The number of amides is 1. The summed E-state index contributed by atoms with van der Waals surface area (Å²) >= 11 is 0. The van der Waals surface area contributed by atoms with Crippen molar-refractivity contribution in [2.45, 2.75) is 20.1 Å². The minimum Gasteiger partial charge on any atom is -0.488 e. The summed E-state index contributed by atoms with van der Waals surface area (Å²) < 4.78 is 5.99. The van der Waals surface area contributed by atoms with Crippen molar-refractivity contribution in [3.05, 3.63) is 72.2 Å². The molecule has 0 fully saturated rings. The molecule has 0 radical (unpaired) electrons. The Morgan fingerprint density at radius 1 is 1.17 bits per heavy atom. The van der Waals surface area contributed by atoms with Gasteiger partial charge in [0, 0.05) is 25.2 Å². The molecule has 0 aliphatic rings. The number of imidazole rings is 1. The van der Waals surface area contributed by atoms with Crippen molar-refractivity contribution in [2.24, 2.45) is 0 Å². The number of carbonyl (C=O) groups is 1. The summed E-state index contributed by atoms with van der Waals surface area (Å²) in [4.78, 5) is 18.3. The van der Waals surface area contributed by atoms with Gasteiger partial charge in [-0.15, -0.1) is 0 Å². The number of hydrogen-bond acceptors (Lipinski definition) is 3. The van der Waals surface area contributed by atoms with E-state index < -0.39 is 0 Å². The lowest BCUT2D eigenvalue weighted by molar-refractivity contribution is -0.119. The van der Waals surface area contributed by atoms with Gasteiger partial charge < -0.3 is 15.0 Å². The van der Waals surface area contributed by atoms with Crippen LogP contribution in [0.15, 0.2) is 61.1 Å². The van der Waals surface area contributed by atoms with E-state index >= 15 is 0 Å². The molecule has 3 rings (SSSR count). The van der Waals surface area contributed by atoms with E-state index in [1.165, 1.54) is 6.92 Å². The van der Waals surface area contributed by atoms with Gasteiger partial charge in [-0.2, -0.15) is 0 Å². The van der Waals surface area contributed by atoms with Crippen LogP contribution >= 0.6 is 0 Å². The number of H-pyrrole nitrogens is 1. The summed E-state index contributed by atoms with van der Waals surface area (Å²) in [5.41, 5.74) is 3.90. The number of nitrogens with zero attached hydrogens (tertiary/aromatic N) is 1. The molecule has 0 aliphatic carbocycles. The molecule has 0 saturated heterocycles. The predicted molar refractivity (Wildman–Crippen MR) is 92.3 cm³/mol. The van der Waals surface area contributed by atoms with Crippen molar-refractivity contribution in [2.75, 3.05) is 0 Å². The molecule has 122 valence electrons. The minimum atomic E-state index is -0.0374. The number of carbonyl (C=O) groups excluding carboxylic acids is 1. The average Bonchev–Trinajstić information content (AvgIpc) is 3.13. The number of ether oxygens (including phenoxy) is 1. The van der Waals surface area contributed by atoms with Crippen molar-refractivity contribution in [1.82, 2.24) is 15.3 Å². The smallest absolute Gasteiger partial charge is 0.217 e. The Hall–Kier alpha value is -3.08. The maximum Gasteiger partial charge on any atom is 0.217 e. The number of hydrogen-bond donors (Lipinski definition) is 2. The van der Waals surface area contributed by atoms with Gasteiger partial charge >= 0.3 is 0 Å². The van der Waals surface area contributed by atoms with E-state index in [0.717, 1.165) is 28.1 Å². The van der Waals surface area contributed by atoms with Crippen molar-refractivity contribution in [3.63, 3.8) is 0 Å². The lowest BCUT2D eigenvalue weighted by Crippen LogP contribution is -2.18. The van der Waals surface area contributed by atoms with Gasteiger partial charge in [0.1, 0.15) is 12.4 Å². The number of para-hydroxylation sites is 1. The zero-order valence-corrected chi connectivity index (χ0v) is 13.5. The Morgan fingerprint density at radius 3 is 2.79 bits per heavy atom. The van der Waals surface area contributed by atoms with Crippen LogP contribution in [-0.2, 0) is 17.9 Å². The van der Waals surface area contributed by atoms with E-state index in [0.29, 0.717) is 13.2 Å². The SMILES string of the molecule is CC(=O)NCc1cccc(COc2ccccc2-c2c[nH]cn2)c1. The monoisotopic (exact) mass is 321 g/mol. The maximum absolute atomic E-state index is 11.0. The Balaban J connectivity index is 1.70. The third-order valence-electron chi connectivity index (χ3n) is 3.59. The molecule has 0 spiro atoms. The van der Waals surface area contributed by atoms with E-state index in [1.54, 1.807) is 6.33 Å². The molecule has 2 aromatic carbocycles. The molecule has 3 aromatic rings. The van der Waals surface area contributed by atoms with Crippen molar-refractivity contribution in [1.29, 1.82) is 0 Å². The van der Waals surface area contributed by atoms with Crippen LogP contribution in [0.25, 0.3) is 11.3 Å². The van der Waals surface area contributed by atoms with Gasteiger partial charge in [-0.25, -0.2) is 4.98 Å². The maximum atomic E-state index is 11.0. The number of nitrogens with one attached hydrogen (secondary N) is 2. The largest absolute Gasteiger partial charge is 0.488 e. The van der Waals surface area contributed by atoms with Crippen LogP contribution in [0.1, 0.15) is 18.1 Å². The van der Waals surface area contributed by atoms with Crippen molar-refractivity contribution >= 4 is 5.91 Å². The molecule has 24 heavy (non-hydrogen) atoms. The zero-order chi connectivity index (χ0) is 16.8. The molecule has 0 atom stereocenters. The Morgan fingerprint density at radius 2 is 2.00 bits per heavy atom. The van der Waals surface area contributed by atoms with Crippen LogP contribution in [0.2, 0.25) is 0 Å². The average molecular weight is 321 g/mol. The zero-order valence-electron chi connectivity index (χ0n) is 13.5. The fourth-order valence-corrected chi connectivity index (χ4v) is 2.43. The van der Waals surface area contributed by atoms with Crippen LogP contribution < -0.4 is 10.1 Å². The van der Waals surface area contributed by atoms with Crippen LogP contribution in [-0.4, -0.2) is 15.9 Å². The van der Waals surface area contributed by atoms with Gasteiger partial charge in [0.05, 0.1) is 12.0 Å². The molecule has 1 heterocycles. The van der Waals surface area contributed by atoms with Gasteiger partial charge in [-0.1, -0.05) is 36.4 Å². The fourth-order valence-electron chi connectivity index (χ4n) is 2.43. The molecule has 0 aliphatic heterocycles. The van der Waals surface area contributed by atoms with Crippen molar-refractivity contribution in [3.8, 4) is 17.0 Å². The summed E-state index contributed by atoms with van der Waals surface area (Å²) in [6, 6.07) is 15.8. The number of aromatic amines is 1. The fraction of sp³-hybridized carbons (Fsp3) is 0.158. The highest BCUT2D eigenvalue weighted by molar-refractivity contribution is 5.72. The Bertz CT molecular complexity index is 813. The third-order valence-corrected chi connectivity index (χ3v) is 3.59. The normalized spacial score (nSPS) is 10.4. The van der Waals surface area contributed by atoms with E-state index in [9.17, 15) is 4.79 Å². The second kappa shape index (κ2) is 7.46. The van der Waals surface area contributed by atoms with Crippen LogP contribution in [0.4, 0.5) is 0 Å². The van der Waals surface area contributed by atoms with Gasteiger partial charge in [0.15, 0.2) is 0 Å². The van der Waals surface area contributed by atoms with Crippen LogP contribution in [0.5, 0.6) is 5.75 Å². The second-order valence-electron chi connectivity index (χ2n) is 5.47. The molecular weight excluding hydrogens is 302 g/mol. The quantitative estimate of drug-likeness (QED) is 0.732. The van der Waals surface area contributed by atoms with E-state index in [4.69, 9.17) is 4.74 Å². The molecular formula is C19H19N3O2. The lowest BCUT2D eigenvalue weighted by Gasteiger charge is -2.11. The number of rotatable bonds is 6. The molecule has 1 aromatic heterocycles. The summed E-state index contributed by atoms with van der Waals surface area (Å²) in [6.45, 7) is 2.49. The minimum absolute atomic E-state index is 0.0374. The summed E-state index contributed by atoms with van der Waals surface area (Å²) in [5.74, 6) is 0.751. The first kappa shape index (κ1) is 15.8. The molecule has 2 N–H and O–H groups in total.